The van der Waals surface area contributed by atoms with Gasteiger partial charge in [0.2, 0.25) is 5.91 Å². The summed E-state index contributed by atoms with van der Waals surface area (Å²) in [6.07, 6.45) is 3.23. The van der Waals surface area contributed by atoms with Crippen LogP contribution in [0.5, 0.6) is 0 Å². The number of hydrogen-bond acceptors (Lipinski definition) is 3. The number of H-pyrrole nitrogens is 1. The monoisotopic (exact) mass is 287 g/mol. The Hall–Kier alpha value is -1.85. The second-order valence-corrected chi connectivity index (χ2v) is 5.86. The number of fused-ring (bicyclic) bond motifs is 1. The van der Waals surface area contributed by atoms with Gasteiger partial charge in [-0.15, -0.1) is 0 Å². The lowest BCUT2D eigenvalue weighted by Crippen LogP contribution is -2.66. The van der Waals surface area contributed by atoms with Gasteiger partial charge < -0.3 is 20.7 Å². The first-order valence-corrected chi connectivity index (χ1v) is 7.34. The highest BCUT2D eigenvalue weighted by atomic mass is 16.3. The van der Waals surface area contributed by atoms with Crippen LogP contribution in [0.15, 0.2) is 24.4 Å². The summed E-state index contributed by atoms with van der Waals surface area (Å²) >= 11 is 0. The van der Waals surface area contributed by atoms with Crippen molar-refractivity contribution in [1.82, 2.24) is 9.88 Å². The van der Waals surface area contributed by atoms with Gasteiger partial charge >= 0.3 is 0 Å². The predicted molar refractivity (Wildman–Crippen MR) is 82.0 cm³/mol. The van der Waals surface area contributed by atoms with Crippen LogP contribution in [-0.4, -0.2) is 46.1 Å². The second kappa shape index (κ2) is 5.16. The molecule has 1 aliphatic heterocycles. The van der Waals surface area contributed by atoms with E-state index in [1.54, 1.807) is 4.90 Å². The molecule has 0 aliphatic carbocycles. The number of nitrogens with one attached hydrogen (secondary N) is 1. The van der Waals surface area contributed by atoms with E-state index in [-0.39, 0.29) is 12.5 Å². The Balaban J connectivity index is 1.76. The van der Waals surface area contributed by atoms with Gasteiger partial charge in [-0.25, -0.2) is 0 Å². The number of aryl methyl sites for hydroxylation is 1. The Morgan fingerprint density at radius 2 is 2.19 bits per heavy atom. The first kappa shape index (κ1) is 14.1. The van der Waals surface area contributed by atoms with Crippen molar-refractivity contribution in [2.45, 2.75) is 25.4 Å². The molecule has 0 saturated carbocycles. The molecular formula is C16H21N3O2. The number of likely N-dealkylation sites (tertiary alicyclic amines) is 1. The summed E-state index contributed by atoms with van der Waals surface area (Å²) in [5.74, 6) is 0.0379. The molecule has 1 aromatic heterocycles. The SMILES string of the molecule is CCc1cccc2c(CC(=O)N3CC(O)(CN)C3)c[nH]c12. The fourth-order valence-electron chi connectivity index (χ4n) is 2.96. The lowest BCUT2D eigenvalue weighted by atomic mass is 9.93. The first-order chi connectivity index (χ1) is 10.1. The Labute approximate surface area is 123 Å². The quantitative estimate of drug-likeness (QED) is 0.778. The van der Waals surface area contributed by atoms with Crippen LogP contribution in [-0.2, 0) is 17.6 Å². The number of aromatic nitrogens is 1. The number of amides is 1. The lowest BCUT2D eigenvalue weighted by Gasteiger charge is -2.45. The van der Waals surface area contributed by atoms with Gasteiger partial charge in [-0.1, -0.05) is 25.1 Å². The molecule has 1 amide bonds. The summed E-state index contributed by atoms with van der Waals surface area (Å²) in [6, 6.07) is 6.17. The second-order valence-electron chi connectivity index (χ2n) is 5.86. The molecule has 0 unspecified atom stereocenters. The number of nitrogens with zero attached hydrogens (tertiary/aromatic N) is 1. The van der Waals surface area contributed by atoms with Crippen molar-refractivity contribution in [3.05, 3.63) is 35.5 Å². The normalized spacial score (nSPS) is 17.0. The number of carbonyl (C=O) groups is 1. The highest BCUT2D eigenvalue weighted by molar-refractivity contribution is 5.90. The molecule has 0 radical (unpaired) electrons. The van der Waals surface area contributed by atoms with E-state index in [0.717, 1.165) is 22.9 Å². The molecule has 1 aromatic carbocycles. The third-order valence-corrected chi connectivity index (χ3v) is 4.31. The topological polar surface area (TPSA) is 82.3 Å². The van der Waals surface area contributed by atoms with Gasteiger partial charge in [0.25, 0.3) is 0 Å². The van der Waals surface area contributed by atoms with Gasteiger partial charge in [-0.05, 0) is 17.5 Å². The van der Waals surface area contributed by atoms with E-state index in [1.165, 1.54) is 5.56 Å². The van der Waals surface area contributed by atoms with Crippen molar-refractivity contribution in [1.29, 1.82) is 0 Å². The summed E-state index contributed by atoms with van der Waals surface area (Å²) < 4.78 is 0. The van der Waals surface area contributed by atoms with Crippen LogP contribution < -0.4 is 5.73 Å². The largest absolute Gasteiger partial charge is 0.385 e. The minimum Gasteiger partial charge on any atom is -0.385 e. The Kier molecular flexibility index (Phi) is 3.47. The van der Waals surface area contributed by atoms with E-state index in [1.807, 2.05) is 18.3 Å². The maximum Gasteiger partial charge on any atom is 0.227 e. The molecule has 0 atom stereocenters. The van der Waals surface area contributed by atoms with Crippen LogP contribution in [0.4, 0.5) is 0 Å². The molecule has 1 saturated heterocycles. The van der Waals surface area contributed by atoms with Gasteiger partial charge in [0.05, 0.1) is 19.5 Å². The molecule has 112 valence electrons. The van der Waals surface area contributed by atoms with Gasteiger partial charge in [-0.2, -0.15) is 0 Å². The first-order valence-electron chi connectivity index (χ1n) is 7.34. The molecule has 2 heterocycles. The molecule has 5 nitrogen and oxygen atoms in total. The number of hydrogen-bond donors (Lipinski definition) is 3. The average molecular weight is 287 g/mol. The van der Waals surface area contributed by atoms with E-state index >= 15 is 0 Å². The minimum absolute atomic E-state index is 0.0379. The minimum atomic E-state index is -0.884. The van der Waals surface area contributed by atoms with E-state index in [4.69, 9.17) is 5.73 Å². The summed E-state index contributed by atoms with van der Waals surface area (Å²) in [7, 11) is 0. The number of rotatable bonds is 4. The fraction of sp³-hybridized carbons (Fsp3) is 0.438. The molecule has 3 rings (SSSR count). The zero-order chi connectivity index (χ0) is 15.0. The number of aliphatic hydroxyl groups is 1. The third kappa shape index (κ3) is 2.43. The number of aromatic amines is 1. The highest BCUT2D eigenvalue weighted by Crippen LogP contribution is 2.25. The van der Waals surface area contributed by atoms with Crippen molar-refractivity contribution in [3.8, 4) is 0 Å². The van der Waals surface area contributed by atoms with Crippen LogP contribution in [0.3, 0.4) is 0 Å². The third-order valence-electron chi connectivity index (χ3n) is 4.31. The van der Waals surface area contributed by atoms with E-state index in [2.05, 4.69) is 18.0 Å². The van der Waals surface area contributed by atoms with Crippen molar-refractivity contribution in [2.24, 2.45) is 5.73 Å². The highest BCUT2D eigenvalue weighted by Gasteiger charge is 2.42. The zero-order valence-corrected chi connectivity index (χ0v) is 12.2. The standard InChI is InChI=1S/C16H21N3O2/c1-2-11-4-3-5-13-12(7-18-15(11)13)6-14(20)19-9-16(21,8-17)10-19/h3-5,7,18,21H,2,6,8-10,17H2,1H3. The Bertz CT molecular complexity index is 671. The Morgan fingerprint density at radius 3 is 2.86 bits per heavy atom. The molecule has 1 aliphatic rings. The molecule has 2 aromatic rings. The number of nitrogens with two attached hydrogens (primary N) is 1. The van der Waals surface area contributed by atoms with Crippen LogP contribution >= 0.6 is 0 Å². The van der Waals surface area contributed by atoms with Gasteiger partial charge in [-0.3, -0.25) is 4.79 Å². The molecule has 1 fully saturated rings. The number of para-hydroxylation sites is 1. The van der Waals surface area contributed by atoms with Crippen LogP contribution in [0.1, 0.15) is 18.1 Å². The lowest BCUT2D eigenvalue weighted by molar-refractivity contribution is -0.152. The summed E-state index contributed by atoms with van der Waals surface area (Å²) in [6.45, 7) is 2.99. The number of carbonyl (C=O) groups excluding carboxylic acids is 1. The molecule has 0 spiro atoms. The molecule has 4 N–H and O–H groups in total. The van der Waals surface area contributed by atoms with Crippen molar-refractivity contribution < 1.29 is 9.90 Å². The smallest absolute Gasteiger partial charge is 0.227 e. The van der Waals surface area contributed by atoms with E-state index in [0.29, 0.717) is 19.5 Å². The summed E-state index contributed by atoms with van der Waals surface area (Å²) in [5, 5.41) is 11.0. The predicted octanol–water partition coefficient (Wildman–Crippen LogP) is 0.805. The van der Waals surface area contributed by atoms with Crippen LogP contribution in [0.25, 0.3) is 10.9 Å². The average Bonchev–Trinajstić information content (AvgIpc) is 2.87. The van der Waals surface area contributed by atoms with E-state index < -0.39 is 5.60 Å². The molecule has 0 bridgehead atoms. The maximum atomic E-state index is 12.3. The zero-order valence-electron chi connectivity index (χ0n) is 12.2. The van der Waals surface area contributed by atoms with Crippen molar-refractivity contribution in [2.75, 3.05) is 19.6 Å². The van der Waals surface area contributed by atoms with Gasteiger partial charge in [0.1, 0.15) is 5.60 Å². The van der Waals surface area contributed by atoms with Gasteiger partial charge in [0, 0.05) is 23.6 Å². The molecule has 5 heteroatoms. The van der Waals surface area contributed by atoms with E-state index in [9.17, 15) is 9.90 Å². The fourth-order valence-corrected chi connectivity index (χ4v) is 2.96. The summed E-state index contributed by atoms with van der Waals surface area (Å²) in [4.78, 5) is 17.2. The van der Waals surface area contributed by atoms with Crippen molar-refractivity contribution in [3.63, 3.8) is 0 Å². The van der Waals surface area contributed by atoms with Gasteiger partial charge in [0.15, 0.2) is 0 Å². The Morgan fingerprint density at radius 1 is 1.43 bits per heavy atom. The molecule has 21 heavy (non-hydrogen) atoms. The number of β-amino-alcohol motifs (C(OH)–C–C–N with tert-alkyl or cyclic N) is 1. The maximum absolute atomic E-state index is 12.3. The van der Waals surface area contributed by atoms with Crippen LogP contribution in [0.2, 0.25) is 0 Å². The van der Waals surface area contributed by atoms with Crippen molar-refractivity contribution >= 4 is 16.8 Å². The molecular weight excluding hydrogens is 266 g/mol. The summed E-state index contributed by atoms with van der Waals surface area (Å²) in [5.41, 5.74) is 7.98. The van der Waals surface area contributed by atoms with Crippen LogP contribution in [0, 0.1) is 0 Å². The number of benzene rings is 1.